The third kappa shape index (κ3) is 22.8. The first-order valence-electron chi connectivity index (χ1n) is 21.7. The first kappa shape index (κ1) is 55.5. The number of phenols is 1. The number of halogens is 2. The van der Waals surface area contributed by atoms with Crippen molar-refractivity contribution in [3.63, 3.8) is 0 Å². The maximum Gasteiger partial charge on any atom is 0.305 e. The molecule has 2 aliphatic rings. The Balaban J connectivity index is 0.000000329. The monoisotopic (exact) mass is 1010 g/mol. The number of phenolic OH excluding ortho intramolecular Hbond substituents is 1. The number of hydrogen-bond acceptors (Lipinski definition) is 10. The van der Waals surface area contributed by atoms with Crippen molar-refractivity contribution in [3.05, 3.63) is 129 Å². The standard InChI is InChI=1S/C22H25BrN2O3.C10H10BrNO3.C10H15N3.C6H15N.CH4/c23-19-9-7-18(8-10-19)21(27)5-2-6-22(28)25-13-11-24(12-14-25)16-17-3-1-4-20(26)15-17;11-8-3-1-7(2-4-8)10(15)12-6-5-9(13)14;1-2-4-10(5-3-1)12-13-8-6-11-7-9-13;1-4-7(5-2)6-3;/h1,3-4,7-10,15,26H,2,5-6,11-14,16H2;1-4H,5-6H2,(H,12,15)(H,13,14);1-5,11-12H,6-9H2;4-6H2,1-3H3;1H4. The summed E-state index contributed by atoms with van der Waals surface area (Å²) in [5, 5.41) is 26.0. The molecular formula is C49H69Br2N7O6. The third-order valence-electron chi connectivity index (χ3n) is 10.3. The predicted octanol–water partition coefficient (Wildman–Crippen LogP) is 8.41. The van der Waals surface area contributed by atoms with Gasteiger partial charge in [-0.05, 0) is 92.3 Å². The van der Waals surface area contributed by atoms with E-state index in [-0.39, 0.29) is 43.7 Å². The van der Waals surface area contributed by atoms with E-state index in [0.29, 0.717) is 43.5 Å². The Bertz CT molecular complexity index is 1920. The van der Waals surface area contributed by atoms with Crippen LogP contribution in [-0.2, 0) is 16.1 Å². The van der Waals surface area contributed by atoms with Gasteiger partial charge in [0.2, 0.25) is 5.91 Å². The molecule has 4 aromatic carbocycles. The summed E-state index contributed by atoms with van der Waals surface area (Å²) in [5.41, 5.74) is 6.83. The highest BCUT2D eigenvalue weighted by molar-refractivity contribution is 9.10. The second kappa shape index (κ2) is 32.1. The lowest BCUT2D eigenvalue weighted by atomic mass is 10.1. The van der Waals surface area contributed by atoms with Gasteiger partial charge in [0.1, 0.15) is 5.75 Å². The quantitative estimate of drug-likeness (QED) is 0.0687. The highest BCUT2D eigenvalue weighted by atomic mass is 79.9. The maximum absolute atomic E-state index is 12.4. The van der Waals surface area contributed by atoms with Crippen molar-refractivity contribution in [1.82, 2.24) is 30.3 Å². The number of carboxylic acid groups (broad SMARTS) is 1. The maximum atomic E-state index is 12.4. The van der Waals surface area contributed by atoms with Crippen molar-refractivity contribution in [3.8, 4) is 5.75 Å². The van der Waals surface area contributed by atoms with Crippen LogP contribution in [0.15, 0.2) is 112 Å². The predicted molar refractivity (Wildman–Crippen MR) is 266 cm³/mol. The second-order valence-corrected chi connectivity index (χ2v) is 16.7. The molecule has 2 saturated heterocycles. The summed E-state index contributed by atoms with van der Waals surface area (Å²) >= 11 is 6.62. The fourth-order valence-electron chi connectivity index (χ4n) is 6.54. The summed E-state index contributed by atoms with van der Waals surface area (Å²) in [4.78, 5) is 52.8. The molecule has 2 fully saturated rings. The Hall–Kier alpha value is -4.64. The molecule has 0 atom stereocenters. The number of benzene rings is 4. The number of hydrazine groups is 1. The largest absolute Gasteiger partial charge is 0.508 e. The topological polar surface area (TPSA) is 158 Å². The van der Waals surface area contributed by atoms with Gasteiger partial charge in [-0.25, -0.2) is 5.01 Å². The van der Waals surface area contributed by atoms with Crippen LogP contribution < -0.4 is 16.1 Å². The van der Waals surface area contributed by atoms with Gasteiger partial charge >= 0.3 is 5.97 Å². The SMILES string of the molecule is C.CCN(CC)CC.O=C(CCCC(=O)N1CCN(Cc2cccc(O)c2)CC1)c1ccc(Br)cc1.O=C(O)CCNC(=O)c1ccc(Br)cc1.c1ccc(NN2CCNCC2)cc1. The first-order valence-corrected chi connectivity index (χ1v) is 23.3. The minimum absolute atomic E-state index is 0. The average Bonchev–Trinajstić information content (AvgIpc) is 3.29. The van der Waals surface area contributed by atoms with Gasteiger partial charge in [-0.3, -0.25) is 24.1 Å². The molecule has 0 spiro atoms. The minimum Gasteiger partial charge on any atom is -0.508 e. The van der Waals surface area contributed by atoms with Crippen LogP contribution >= 0.6 is 31.9 Å². The number of rotatable bonds is 16. The van der Waals surface area contributed by atoms with E-state index in [9.17, 15) is 24.3 Å². The second-order valence-electron chi connectivity index (χ2n) is 14.9. The molecule has 5 N–H and O–H groups in total. The molecule has 2 amide bonds. The summed E-state index contributed by atoms with van der Waals surface area (Å²) < 4.78 is 1.84. The number of Topliss-reactive ketones (excluding diaryl/α,β-unsaturated/α-hetero) is 1. The minimum atomic E-state index is -0.925. The van der Waals surface area contributed by atoms with Gasteiger partial charge in [-0.1, -0.05) is 103 Å². The zero-order chi connectivity index (χ0) is 45.8. The van der Waals surface area contributed by atoms with Gasteiger partial charge in [0.25, 0.3) is 5.91 Å². The molecule has 6 rings (SSSR count). The molecule has 15 heteroatoms. The number of amides is 2. The Morgan fingerprint density at radius 1 is 0.703 bits per heavy atom. The van der Waals surface area contributed by atoms with Crippen LogP contribution in [0.1, 0.15) is 80.2 Å². The van der Waals surface area contributed by atoms with Gasteiger partial charge in [-0.2, -0.15) is 0 Å². The number of aliphatic carboxylic acids is 1. The molecule has 64 heavy (non-hydrogen) atoms. The van der Waals surface area contributed by atoms with E-state index in [0.717, 1.165) is 60.3 Å². The van der Waals surface area contributed by atoms with Crippen molar-refractivity contribution < 1.29 is 29.4 Å². The summed E-state index contributed by atoms with van der Waals surface area (Å²) in [6, 6.07) is 31.8. The number of anilines is 1. The molecule has 350 valence electrons. The van der Waals surface area contributed by atoms with Crippen LogP contribution in [0.4, 0.5) is 5.69 Å². The van der Waals surface area contributed by atoms with Crippen LogP contribution in [-0.4, -0.2) is 132 Å². The van der Waals surface area contributed by atoms with Gasteiger partial charge in [0.05, 0.1) is 6.42 Å². The van der Waals surface area contributed by atoms with Gasteiger partial charge < -0.3 is 36.1 Å². The van der Waals surface area contributed by atoms with Crippen LogP contribution in [0.5, 0.6) is 5.75 Å². The molecule has 4 aromatic rings. The van der Waals surface area contributed by atoms with E-state index < -0.39 is 5.97 Å². The number of piperazine rings is 2. The highest BCUT2D eigenvalue weighted by Crippen LogP contribution is 2.17. The van der Waals surface area contributed by atoms with Crippen molar-refractivity contribution >= 4 is 61.1 Å². The van der Waals surface area contributed by atoms with E-state index in [1.165, 1.54) is 25.3 Å². The Morgan fingerprint density at radius 2 is 1.28 bits per heavy atom. The lowest BCUT2D eigenvalue weighted by Crippen LogP contribution is -2.48. The molecular weight excluding hydrogens is 942 g/mol. The molecule has 13 nitrogen and oxygen atoms in total. The number of carbonyl (C=O) groups excluding carboxylic acids is 3. The molecule has 2 aliphatic heterocycles. The molecule has 0 aromatic heterocycles. The number of nitrogens with one attached hydrogen (secondary N) is 3. The normalized spacial score (nSPS) is 13.6. The van der Waals surface area contributed by atoms with E-state index >= 15 is 0 Å². The fourth-order valence-corrected chi connectivity index (χ4v) is 7.06. The number of hydrogen-bond donors (Lipinski definition) is 5. The molecule has 0 radical (unpaired) electrons. The number of ketones is 1. The average molecular weight is 1010 g/mol. The first-order chi connectivity index (χ1) is 30.4. The van der Waals surface area contributed by atoms with Crippen LogP contribution in [0, 0.1) is 0 Å². The van der Waals surface area contributed by atoms with Crippen LogP contribution in [0.2, 0.25) is 0 Å². The zero-order valence-electron chi connectivity index (χ0n) is 36.9. The van der Waals surface area contributed by atoms with Crippen molar-refractivity contribution in [2.24, 2.45) is 0 Å². The van der Waals surface area contributed by atoms with E-state index in [1.807, 2.05) is 47.4 Å². The number of carboxylic acids is 1. The number of aromatic hydroxyl groups is 1. The fraction of sp³-hybridized carbons (Fsp3) is 0.429. The van der Waals surface area contributed by atoms with Crippen LogP contribution in [0.3, 0.4) is 0 Å². The molecule has 0 unspecified atom stereocenters. The molecule has 0 saturated carbocycles. The Kier molecular flexibility index (Phi) is 27.8. The smallest absolute Gasteiger partial charge is 0.305 e. The summed E-state index contributed by atoms with van der Waals surface area (Å²) in [7, 11) is 0. The Morgan fingerprint density at radius 3 is 1.81 bits per heavy atom. The van der Waals surface area contributed by atoms with Crippen LogP contribution in [0.25, 0.3) is 0 Å². The number of carbonyl (C=O) groups is 4. The highest BCUT2D eigenvalue weighted by Gasteiger charge is 2.21. The molecule has 0 bridgehead atoms. The summed E-state index contributed by atoms with van der Waals surface area (Å²) in [6.07, 6.45) is 1.32. The van der Waals surface area contributed by atoms with Gasteiger partial charge in [-0.15, -0.1) is 0 Å². The Labute approximate surface area is 397 Å². The van der Waals surface area contributed by atoms with Crippen molar-refractivity contribution in [2.75, 3.05) is 84.0 Å². The lowest BCUT2D eigenvalue weighted by molar-refractivity contribution is -0.137. The zero-order valence-corrected chi connectivity index (χ0v) is 40.1. The van der Waals surface area contributed by atoms with Crippen molar-refractivity contribution in [1.29, 1.82) is 0 Å². The van der Waals surface area contributed by atoms with E-state index in [4.69, 9.17) is 5.11 Å². The number of nitrogens with zero attached hydrogens (tertiary/aromatic N) is 4. The molecule has 0 aliphatic carbocycles. The van der Waals surface area contributed by atoms with Gasteiger partial charge in [0.15, 0.2) is 5.78 Å². The van der Waals surface area contributed by atoms with E-state index in [2.05, 4.69) is 95.6 Å². The third-order valence-corrected chi connectivity index (χ3v) is 11.3. The summed E-state index contributed by atoms with van der Waals surface area (Å²) in [6.45, 7) is 18.4. The summed E-state index contributed by atoms with van der Waals surface area (Å²) in [5.74, 6) is -0.698. The lowest BCUT2D eigenvalue weighted by Gasteiger charge is -2.34. The molecule has 2 heterocycles. The van der Waals surface area contributed by atoms with Crippen molar-refractivity contribution in [2.45, 2.75) is 60.4 Å². The number of para-hydroxylation sites is 1. The van der Waals surface area contributed by atoms with Gasteiger partial charge in [0, 0.05) is 104 Å². The van der Waals surface area contributed by atoms with E-state index in [1.54, 1.807) is 48.5 Å².